The number of anilines is 1. The van der Waals surface area contributed by atoms with Crippen molar-refractivity contribution in [2.45, 2.75) is 39.7 Å². The van der Waals surface area contributed by atoms with E-state index in [9.17, 15) is 0 Å². The number of aryl methyl sites for hydroxylation is 1. The molecule has 0 aliphatic heterocycles. The normalized spacial score (nSPS) is 11.6. The first-order valence-corrected chi connectivity index (χ1v) is 7.08. The summed E-state index contributed by atoms with van der Waals surface area (Å²) >= 11 is 1.70. The van der Waals surface area contributed by atoms with Gasteiger partial charge in [0.05, 0.1) is 6.54 Å². The maximum atomic E-state index is 4.44. The predicted molar refractivity (Wildman–Crippen MR) is 79.3 cm³/mol. The Labute approximate surface area is 113 Å². The van der Waals surface area contributed by atoms with E-state index in [4.69, 9.17) is 0 Å². The van der Waals surface area contributed by atoms with Crippen LogP contribution in [-0.2, 0) is 12.0 Å². The largest absolute Gasteiger partial charge is 0.379 e. The van der Waals surface area contributed by atoms with Crippen molar-refractivity contribution in [1.82, 2.24) is 4.98 Å². The van der Waals surface area contributed by atoms with Gasteiger partial charge in [-0.15, -0.1) is 11.3 Å². The average molecular weight is 260 g/mol. The molecule has 0 saturated heterocycles. The molecule has 0 aliphatic carbocycles. The van der Waals surface area contributed by atoms with E-state index in [1.165, 1.54) is 5.56 Å². The molecule has 0 atom stereocenters. The van der Waals surface area contributed by atoms with E-state index in [0.717, 1.165) is 22.9 Å². The number of hydrogen-bond acceptors (Lipinski definition) is 3. The van der Waals surface area contributed by atoms with Gasteiger partial charge in [-0.3, -0.25) is 0 Å². The summed E-state index contributed by atoms with van der Waals surface area (Å²) in [6.45, 7) is 9.51. The van der Waals surface area contributed by atoms with Crippen molar-refractivity contribution in [3.05, 3.63) is 45.9 Å². The van der Waals surface area contributed by atoms with Gasteiger partial charge in [-0.25, -0.2) is 4.98 Å². The quantitative estimate of drug-likeness (QED) is 0.887. The Morgan fingerprint density at radius 3 is 2.33 bits per heavy atom. The summed E-state index contributed by atoms with van der Waals surface area (Å²) in [4.78, 5) is 4.44. The number of benzene rings is 1. The first-order valence-electron chi connectivity index (χ1n) is 6.20. The lowest BCUT2D eigenvalue weighted by Gasteiger charge is -2.19. The molecule has 0 aliphatic rings. The van der Waals surface area contributed by atoms with Crippen LogP contribution >= 0.6 is 11.3 Å². The molecule has 96 valence electrons. The number of thiazole rings is 1. The first kappa shape index (κ1) is 13.1. The van der Waals surface area contributed by atoms with E-state index < -0.39 is 0 Å². The van der Waals surface area contributed by atoms with Crippen molar-refractivity contribution < 1.29 is 0 Å². The molecular formula is C15H20N2S. The highest BCUT2D eigenvalue weighted by atomic mass is 32.1. The molecule has 1 aromatic heterocycles. The molecule has 0 amide bonds. The second kappa shape index (κ2) is 5.11. The average Bonchev–Trinajstić information content (AvgIpc) is 2.72. The first-order chi connectivity index (χ1) is 8.45. The minimum Gasteiger partial charge on any atom is -0.379 e. The third-order valence-electron chi connectivity index (χ3n) is 2.86. The van der Waals surface area contributed by atoms with E-state index in [2.05, 4.69) is 60.7 Å². The van der Waals surface area contributed by atoms with Crippen molar-refractivity contribution in [2.24, 2.45) is 0 Å². The molecule has 0 bridgehead atoms. The Balaban J connectivity index is 1.98. The molecule has 0 radical (unpaired) electrons. The van der Waals surface area contributed by atoms with Crippen molar-refractivity contribution in [3.63, 3.8) is 0 Å². The molecular weight excluding hydrogens is 240 g/mol. The fraction of sp³-hybridized carbons (Fsp3) is 0.400. The van der Waals surface area contributed by atoms with Gasteiger partial charge in [0, 0.05) is 16.8 Å². The molecule has 2 aromatic rings. The molecule has 1 N–H and O–H groups in total. The molecule has 1 heterocycles. The number of rotatable bonds is 3. The fourth-order valence-electron chi connectivity index (χ4n) is 1.75. The second-order valence-corrected chi connectivity index (χ2v) is 6.51. The van der Waals surface area contributed by atoms with Crippen LogP contribution in [0.15, 0.2) is 29.6 Å². The van der Waals surface area contributed by atoms with Crippen molar-refractivity contribution in [2.75, 3.05) is 5.32 Å². The van der Waals surface area contributed by atoms with Gasteiger partial charge in [-0.1, -0.05) is 32.9 Å². The topological polar surface area (TPSA) is 24.9 Å². The van der Waals surface area contributed by atoms with E-state index in [-0.39, 0.29) is 5.41 Å². The third kappa shape index (κ3) is 3.33. The van der Waals surface area contributed by atoms with E-state index in [1.54, 1.807) is 11.3 Å². The zero-order chi connectivity index (χ0) is 13.2. The van der Waals surface area contributed by atoms with Crippen LogP contribution in [-0.4, -0.2) is 4.98 Å². The Morgan fingerprint density at radius 1 is 1.17 bits per heavy atom. The minimum atomic E-state index is 0.213. The zero-order valence-corrected chi connectivity index (χ0v) is 12.3. The van der Waals surface area contributed by atoms with E-state index in [0.29, 0.717) is 0 Å². The Morgan fingerprint density at radius 2 is 1.83 bits per heavy atom. The van der Waals surface area contributed by atoms with Crippen LogP contribution in [0.1, 0.15) is 37.0 Å². The van der Waals surface area contributed by atoms with Gasteiger partial charge >= 0.3 is 0 Å². The summed E-state index contributed by atoms with van der Waals surface area (Å²) < 4.78 is 0. The Kier molecular flexibility index (Phi) is 3.71. The summed E-state index contributed by atoms with van der Waals surface area (Å²) in [6, 6.07) is 8.66. The molecule has 2 nitrogen and oxygen atoms in total. The summed E-state index contributed by atoms with van der Waals surface area (Å²) in [5, 5.41) is 6.62. The molecule has 1 aromatic carbocycles. The lowest BCUT2D eigenvalue weighted by molar-refractivity contribution is 0.590. The maximum Gasteiger partial charge on any atom is 0.112 e. The molecule has 0 saturated carbocycles. The van der Waals surface area contributed by atoms with Crippen LogP contribution in [0.2, 0.25) is 0 Å². The highest BCUT2D eigenvalue weighted by Gasteiger charge is 2.12. The van der Waals surface area contributed by atoms with Gasteiger partial charge in [0.1, 0.15) is 5.01 Å². The predicted octanol–water partition coefficient (Wildman–Crippen LogP) is 4.36. The van der Waals surface area contributed by atoms with Crippen LogP contribution in [0.25, 0.3) is 0 Å². The second-order valence-electron chi connectivity index (χ2n) is 5.56. The van der Waals surface area contributed by atoms with Gasteiger partial charge in [0.25, 0.3) is 0 Å². The smallest absolute Gasteiger partial charge is 0.112 e. The monoisotopic (exact) mass is 260 g/mol. The highest BCUT2D eigenvalue weighted by molar-refractivity contribution is 7.09. The van der Waals surface area contributed by atoms with Crippen molar-refractivity contribution in [1.29, 1.82) is 0 Å². The molecule has 3 heteroatoms. The van der Waals surface area contributed by atoms with E-state index >= 15 is 0 Å². The van der Waals surface area contributed by atoms with Crippen LogP contribution < -0.4 is 5.32 Å². The molecule has 0 fully saturated rings. The van der Waals surface area contributed by atoms with Gasteiger partial charge in [-0.05, 0) is 30.0 Å². The maximum absolute atomic E-state index is 4.44. The summed E-state index contributed by atoms with van der Waals surface area (Å²) in [5.41, 5.74) is 3.82. The molecule has 0 spiro atoms. The van der Waals surface area contributed by atoms with Crippen LogP contribution in [0, 0.1) is 6.92 Å². The standard InChI is InChI=1S/C15H20N2S/c1-11-10-18-14(17-11)9-16-13-7-5-12(6-8-13)15(2,3)4/h5-8,10,16H,9H2,1-4H3. The fourth-order valence-corrected chi connectivity index (χ4v) is 2.46. The number of nitrogens with one attached hydrogen (secondary N) is 1. The molecule has 2 rings (SSSR count). The lowest BCUT2D eigenvalue weighted by Crippen LogP contribution is -2.10. The molecule has 18 heavy (non-hydrogen) atoms. The summed E-state index contributed by atoms with van der Waals surface area (Å²) in [6.07, 6.45) is 0. The minimum absolute atomic E-state index is 0.213. The zero-order valence-electron chi connectivity index (χ0n) is 11.4. The Bertz CT molecular complexity index is 506. The summed E-state index contributed by atoms with van der Waals surface area (Å²) in [5.74, 6) is 0. The highest BCUT2D eigenvalue weighted by Crippen LogP contribution is 2.23. The number of aromatic nitrogens is 1. The van der Waals surface area contributed by atoms with Gasteiger partial charge in [0.15, 0.2) is 0 Å². The van der Waals surface area contributed by atoms with Gasteiger partial charge in [-0.2, -0.15) is 0 Å². The number of hydrogen-bond donors (Lipinski definition) is 1. The van der Waals surface area contributed by atoms with Crippen LogP contribution in [0.3, 0.4) is 0 Å². The van der Waals surface area contributed by atoms with Gasteiger partial charge < -0.3 is 5.32 Å². The summed E-state index contributed by atoms with van der Waals surface area (Å²) in [7, 11) is 0. The number of nitrogens with zero attached hydrogens (tertiary/aromatic N) is 1. The Hall–Kier alpha value is -1.35. The lowest BCUT2D eigenvalue weighted by atomic mass is 9.87. The van der Waals surface area contributed by atoms with Crippen LogP contribution in [0.5, 0.6) is 0 Å². The van der Waals surface area contributed by atoms with E-state index in [1.807, 2.05) is 6.92 Å². The van der Waals surface area contributed by atoms with Gasteiger partial charge in [0.2, 0.25) is 0 Å². The van der Waals surface area contributed by atoms with Crippen LogP contribution in [0.4, 0.5) is 5.69 Å². The molecule has 0 unspecified atom stereocenters. The van der Waals surface area contributed by atoms with Crippen molar-refractivity contribution in [3.8, 4) is 0 Å². The van der Waals surface area contributed by atoms with Crippen molar-refractivity contribution >= 4 is 17.0 Å². The third-order valence-corrected chi connectivity index (χ3v) is 3.83. The SMILES string of the molecule is Cc1csc(CNc2ccc(C(C)(C)C)cc2)n1.